The van der Waals surface area contributed by atoms with Gasteiger partial charge in [-0.15, -0.1) is 0 Å². The number of benzene rings is 1. The Morgan fingerprint density at radius 1 is 1.48 bits per heavy atom. The lowest BCUT2D eigenvalue weighted by Gasteiger charge is -2.14. The largest absolute Gasteiger partial charge is 0.495 e. The lowest BCUT2D eigenvalue weighted by molar-refractivity contribution is 0.398. The summed E-state index contributed by atoms with van der Waals surface area (Å²) in [5.74, 6) is 0.374. The first-order valence-electron chi connectivity index (χ1n) is 5.96. The molecule has 0 saturated carbocycles. The molecule has 0 spiro atoms. The summed E-state index contributed by atoms with van der Waals surface area (Å²) in [5, 5.41) is 4.23. The summed E-state index contributed by atoms with van der Waals surface area (Å²) in [7, 11) is -0.827. The second-order valence-electron chi connectivity index (χ2n) is 4.28. The van der Waals surface area contributed by atoms with Crippen LogP contribution in [0.1, 0.15) is 5.56 Å². The molecule has 9 heteroatoms. The van der Waals surface area contributed by atoms with Gasteiger partial charge in [-0.1, -0.05) is 11.6 Å². The number of nitrogens with two attached hydrogens (primary N) is 1. The van der Waals surface area contributed by atoms with E-state index in [0.717, 1.165) is 0 Å². The van der Waals surface area contributed by atoms with Gasteiger partial charge in [0.05, 0.1) is 7.11 Å². The van der Waals surface area contributed by atoms with Gasteiger partial charge in [0.2, 0.25) is 0 Å². The molecule has 7 nitrogen and oxygen atoms in total. The maximum atomic E-state index is 12.5. The van der Waals surface area contributed by atoms with Crippen molar-refractivity contribution in [3.63, 3.8) is 0 Å². The standard InChI is InChI=1S/C12H15ClN4O3S/c1-17-4-3-11(15-17)16-21(18,19)10-6-9(13)5-8(7-14)12(10)20-2/h3-6H,7,14H2,1-2H3,(H,15,16). The van der Waals surface area contributed by atoms with E-state index in [1.807, 2.05) is 0 Å². The van der Waals surface area contributed by atoms with E-state index in [1.54, 1.807) is 25.4 Å². The summed E-state index contributed by atoms with van der Waals surface area (Å²) in [5.41, 5.74) is 6.10. The minimum Gasteiger partial charge on any atom is -0.495 e. The molecule has 1 heterocycles. The molecule has 1 aromatic heterocycles. The number of aryl methyl sites for hydroxylation is 1. The van der Waals surface area contributed by atoms with Gasteiger partial charge in [-0.3, -0.25) is 9.40 Å². The van der Waals surface area contributed by atoms with Gasteiger partial charge >= 0.3 is 0 Å². The number of hydrogen-bond acceptors (Lipinski definition) is 5. The molecule has 0 aliphatic heterocycles. The Hall–Kier alpha value is -1.77. The summed E-state index contributed by atoms with van der Waals surface area (Å²) in [6.45, 7) is 0.107. The van der Waals surface area contributed by atoms with Crippen LogP contribution in [0.25, 0.3) is 0 Å². The molecule has 21 heavy (non-hydrogen) atoms. The number of nitrogens with one attached hydrogen (secondary N) is 1. The van der Waals surface area contributed by atoms with Gasteiger partial charge in [0, 0.05) is 36.4 Å². The van der Waals surface area contributed by atoms with E-state index in [2.05, 4.69) is 9.82 Å². The number of ether oxygens (including phenoxy) is 1. The van der Waals surface area contributed by atoms with Crippen LogP contribution in [0, 0.1) is 0 Å². The number of halogens is 1. The fourth-order valence-electron chi connectivity index (χ4n) is 1.87. The van der Waals surface area contributed by atoms with Crippen LogP contribution in [-0.4, -0.2) is 25.3 Å². The lowest BCUT2D eigenvalue weighted by Crippen LogP contribution is -2.16. The molecule has 2 rings (SSSR count). The molecule has 0 atom stereocenters. The van der Waals surface area contributed by atoms with E-state index < -0.39 is 10.0 Å². The summed E-state index contributed by atoms with van der Waals surface area (Å²) in [6, 6.07) is 4.42. The first-order chi connectivity index (χ1) is 9.87. The van der Waals surface area contributed by atoms with E-state index in [4.69, 9.17) is 22.1 Å². The van der Waals surface area contributed by atoms with E-state index >= 15 is 0 Å². The number of aromatic nitrogens is 2. The normalized spacial score (nSPS) is 11.4. The minimum atomic E-state index is -3.89. The fraction of sp³-hybridized carbons (Fsp3) is 0.250. The van der Waals surface area contributed by atoms with Crippen molar-refractivity contribution in [1.29, 1.82) is 0 Å². The van der Waals surface area contributed by atoms with Crippen molar-refractivity contribution in [2.24, 2.45) is 12.8 Å². The average Bonchev–Trinajstić information content (AvgIpc) is 2.82. The zero-order valence-corrected chi connectivity index (χ0v) is 13.1. The molecule has 2 aromatic rings. The van der Waals surface area contributed by atoms with Crippen molar-refractivity contribution in [2.45, 2.75) is 11.4 Å². The highest BCUT2D eigenvalue weighted by Gasteiger charge is 2.23. The van der Waals surface area contributed by atoms with E-state index in [9.17, 15) is 8.42 Å². The second kappa shape index (κ2) is 5.92. The number of hydrogen-bond donors (Lipinski definition) is 2. The highest BCUT2D eigenvalue weighted by Crippen LogP contribution is 2.32. The third-order valence-corrected chi connectivity index (χ3v) is 4.34. The van der Waals surface area contributed by atoms with Crippen LogP contribution < -0.4 is 15.2 Å². The van der Waals surface area contributed by atoms with Crippen molar-refractivity contribution in [2.75, 3.05) is 11.8 Å². The van der Waals surface area contributed by atoms with Crippen molar-refractivity contribution in [3.05, 3.63) is 35.0 Å². The Morgan fingerprint density at radius 2 is 2.19 bits per heavy atom. The van der Waals surface area contributed by atoms with Crippen LogP contribution in [0.4, 0.5) is 5.82 Å². The van der Waals surface area contributed by atoms with Crippen LogP contribution >= 0.6 is 11.6 Å². The Balaban J connectivity index is 2.51. The van der Waals surface area contributed by atoms with E-state index in [1.165, 1.54) is 17.9 Å². The number of rotatable bonds is 5. The summed E-state index contributed by atoms with van der Waals surface area (Å²) in [6.07, 6.45) is 1.62. The van der Waals surface area contributed by atoms with Crippen molar-refractivity contribution >= 4 is 27.4 Å². The highest BCUT2D eigenvalue weighted by atomic mass is 35.5. The average molecular weight is 331 g/mol. The van der Waals surface area contributed by atoms with Gasteiger partial charge in [-0.05, 0) is 12.1 Å². The molecule has 1 aromatic carbocycles. The monoisotopic (exact) mass is 330 g/mol. The molecule has 0 aliphatic carbocycles. The molecule has 0 aliphatic rings. The number of nitrogens with zero attached hydrogens (tertiary/aromatic N) is 2. The van der Waals surface area contributed by atoms with Gasteiger partial charge in [-0.2, -0.15) is 5.10 Å². The second-order valence-corrected chi connectivity index (χ2v) is 6.37. The van der Waals surface area contributed by atoms with Gasteiger partial charge < -0.3 is 10.5 Å². The topological polar surface area (TPSA) is 99.2 Å². The predicted molar refractivity (Wildman–Crippen MR) is 79.9 cm³/mol. The lowest BCUT2D eigenvalue weighted by atomic mass is 10.2. The van der Waals surface area contributed by atoms with Crippen LogP contribution in [0.3, 0.4) is 0 Å². The van der Waals surface area contributed by atoms with E-state index in [-0.39, 0.29) is 28.0 Å². The molecule has 0 amide bonds. The number of anilines is 1. The van der Waals surface area contributed by atoms with Gasteiger partial charge in [0.1, 0.15) is 10.6 Å². The van der Waals surface area contributed by atoms with Gasteiger partial charge in [-0.25, -0.2) is 8.42 Å². The zero-order valence-electron chi connectivity index (χ0n) is 11.5. The minimum absolute atomic E-state index is 0.0800. The van der Waals surface area contributed by atoms with Crippen LogP contribution in [0.2, 0.25) is 5.02 Å². The third-order valence-electron chi connectivity index (χ3n) is 2.76. The first-order valence-corrected chi connectivity index (χ1v) is 7.82. The predicted octanol–water partition coefficient (Wildman–Crippen LogP) is 1.34. The smallest absolute Gasteiger partial charge is 0.266 e. The molecular weight excluding hydrogens is 316 g/mol. The Bertz CT molecular complexity index is 758. The Kier molecular flexibility index (Phi) is 4.40. The van der Waals surface area contributed by atoms with Crippen LogP contribution in [0.15, 0.2) is 29.3 Å². The molecule has 114 valence electrons. The summed E-state index contributed by atoms with van der Waals surface area (Å²) in [4.78, 5) is -0.0800. The van der Waals surface area contributed by atoms with E-state index in [0.29, 0.717) is 5.56 Å². The number of sulfonamides is 1. The maximum Gasteiger partial charge on any atom is 0.266 e. The van der Waals surface area contributed by atoms with Crippen LogP contribution in [-0.2, 0) is 23.6 Å². The fourth-order valence-corrected chi connectivity index (χ4v) is 3.41. The number of methoxy groups -OCH3 is 1. The third kappa shape index (κ3) is 3.29. The quantitative estimate of drug-likeness (QED) is 0.862. The molecule has 0 fully saturated rings. The summed E-state index contributed by atoms with van der Waals surface area (Å²) < 4.78 is 34.0. The maximum absolute atomic E-state index is 12.5. The van der Waals surface area contributed by atoms with Gasteiger partial charge in [0.25, 0.3) is 10.0 Å². The Morgan fingerprint density at radius 3 is 2.71 bits per heavy atom. The molecule has 0 bridgehead atoms. The first kappa shape index (κ1) is 15.6. The molecule has 3 N–H and O–H groups in total. The SMILES string of the molecule is COc1c(CN)cc(Cl)cc1S(=O)(=O)Nc1ccn(C)n1. The summed E-state index contributed by atoms with van der Waals surface area (Å²) >= 11 is 5.95. The zero-order chi connectivity index (χ0) is 15.6. The molecule has 0 unspecified atom stereocenters. The van der Waals surface area contributed by atoms with Crippen molar-refractivity contribution in [3.8, 4) is 5.75 Å². The Labute approximate surface area is 127 Å². The highest BCUT2D eigenvalue weighted by molar-refractivity contribution is 7.92. The van der Waals surface area contributed by atoms with Crippen molar-refractivity contribution < 1.29 is 13.2 Å². The van der Waals surface area contributed by atoms with Crippen LogP contribution in [0.5, 0.6) is 5.75 Å². The molecular formula is C12H15ClN4O3S. The van der Waals surface area contributed by atoms with Gasteiger partial charge in [0.15, 0.2) is 5.82 Å². The molecule has 0 saturated heterocycles. The molecule has 0 radical (unpaired) electrons. The van der Waals surface area contributed by atoms with Crippen molar-refractivity contribution in [1.82, 2.24) is 9.78 Å².